The third-order valence-electron chi connectivity index (χ3n) is 3.83. The average Bonchev–Trinajstić information content (AvgIpc) is 2.95. The van der Waals surface area contributed by atoms with Crippen molar-refractivity contribution in [3.05, 3.63) is 57.8 Å². The van der Waals surface area contributed by atoms with E-state index in [1.807, 2.05) is 36.4 Å². The third-order valence-corrected chi connectivity index (χ3v) is 5.12. The zero-order valence-electron chi connectivity index (χ0n) is 11.7. The summed E-state index contributed by atoms with van der Waals surface area (Å²) in [5, 5.41) is 0. The summed E-state index contributed by atoms with van der Waals surface area (Å²) in [7, 11) is 0. The first-order chi connectivity index (χ1) is 9.13. The Balaban J connectivity index is 2.20. The number of thiophene rings is 1. The van der Waals surface area contributed by atoms with E-state index in [4.69, 9.17) is 0 Å². The van der Waals surface area contributed by atoms with Crippen LogP contribution in [0.5, 0.6) is 0 Å². The van der Waals surface area contributed by atoms with Crippen LogP contribution in [0.4, 0.5) is 0 Å². The van der Waals surface area contributed by atoms with Crippen LogP contribution in [0.3, 0.4) is 0 Å². The van der Waals surface area contributed by atoms with Gasteiger partial charge in [-0.05, 0) is 24.0 Å². The van der Waals surface area contributed by atoms with Crippen LogP contribution in [0, 0.1) is 5.92 Å². The molecule has 0 aliphatic carbocycles. The topological polar surface area (TPSA) is 17.1 Å². The normalized spacial score (nSPS) is 14.1. The zero-order valence-corrected chi connectivity index (χ0v) is 12.5. The molecular formula is C17H20OS. The maximum absolute atomic E-state index is 12.3. The van der Waals surface area contributed by atoms with E-state index in [1.54, 1.807) is 11.3 Å². The molecule has 0 saturated carbocycles. The van der Waals surface area contributed by atoms with Crippen LogP contribution >= 0.6 is 11.3 Å². The van der Waals surface area contributed by atoms with Crippen molar-refractivity contribution in [3.8, 4) is 0 Å². The van der Waals surface area contributed by atoms with Crippen LogP contribution in [0.2, 0.25) is 0 Å². The van der Waals surface area contributed by atoms with Crippen LogP contribution in [0.1, 0.15) is 53.2 Å². The molecule has 0 fully saturated rings. The van der Waals surface area contributed by atoms with Gasteiger partial charge in [-0.1, -0.05) is 57.5 Å². The number of hydrogen-bond acceptors (Lipinski definition) is 2. The smallest absolute Gasteiger partial charge is 0.202 e. The van der Waals surface area contributed by atoms with E-state index < -0.39 is 0 Å². The lowest BCUT2D eigenvalue weighted by atomic mass is 9.92. The Labute approximate surface area is 119 Å². The lowest BCUT2D eigenvalue weighted by Crippen LogP contribution is -2.02. The van der Waals surface area contributed by atoms with Crippen molar-refractivity contribution in [3.63, 3.8) is 0 Å². The van der Waals surface area contributed by atoms with Crippen LogP contribution in [0.15, 0.2) is 42.5 Å². The number of rotatable bonds is 5. The third kappa shape index (κ3) is 3.13. The van der Waals surface area contributed by atoms with Crippen molar-refractivity contribution in [1.82, 2.24) is 0 Å². The molecule has 0 N–H and O–H groups in total. The standard InChI is InChI=1S/C17H20OS/c1-4-12(2)13(3)15-10-11-16(19-15)17(18)14-8-6-5-7-9-14/h5-13H,4H2,1-3H3. The summed E-state index contributed by atoms with van der Waals surface area (Å²) in [5.74, 6) is 1.30. The number of hydrogen-bond donors (Lipinski definition) is 0. The van der Waals surface area contributed by atoms with Gasteiger partial charge in [0.2, 0.25) is 5.78 Å². The van der Waals surface area contributed by atoms with Crippen molar-refractivity contribution in [2.24, 2.45) is 5.92 Å². The van der Waals surface area contributed by atoms with Crippen molar-refractivity contribution < 1.29 is 4.79 Å². The fourth-order valence-electron chi connectivity index (χ4n) is 2.09. The lowest BCUT2D eigenvalue weighted by molar-refractivity contribution is 0.104. The Morgan fingerprint density at radius 1 is 1.11 bits per heavy atom. The van der Waals surface area contributed by atoms with Gasteiger partial charge >= 0.3 is 0 Å². The highest BCUT2D eigenvalue weighted by molar-refractivity contribution is 7.14. The maximum atomic E-state index is 12.3. The SMILES string of the molecule is CCC(C)C(C)c1ccc(C(=O)c2ccccc2)s1. The van der Waals surface area contributed by atoms with Crippen LogP contribution in [-0.2, 0) is 0 Å². The minimum Gasteiger partial charge on any atom is -0.288 e. The van der Waals surface area contributed by atoms with Gasteiger partial charge in [-0.25, -0.2) is 0 Å². The van der Waals surface area contributed by atoms with Gasteiger partial charge in [-0.2, -0.15) is 0 Å². The fourth-order valence-corrected chi connectivity index (χ4v) is 3.24. The molecule has 100 valence electrons. The molecule has 0 bridgehead atoms. The summed E-state index contributed by atoms with van der Waals surface area (Å²) < 4.78 is 0. The van der Waals surface area contributed by atoms with E-state index in [-0.39, 0.29) is 5.78 Å². The Kier molecular flexibility index (Phi) is 4.54. The van der Waals surface area contributed by atoms with Gasteiger partial charge in [0.25, 0.3) is 0 Å². The van der Waals surface area contributed by atoms with E-state index in [2.05, 4.69) is 26.8 Å². The van der Waals surface area contributed by atoms with Crippen LogP contribution in [0.25, 0.3) is 0 Å². The van der Waals surface area contributed by atoms with E-state index in [0.29, 0.717) is 11.8 Å². The van der Waals surface area contributed by atoms with Gasteiger partial charge in [0.15, 0.2) is 0 Å². The molecule has 2 aromatic rings. The van der Waals surface area contributed by atoms with Gasteiger partial charge in [-0.15, -0.1) is 11.3 Å². The van der Waals surface area contributed by atoms with Crippen molar-refractivity contribution >= 4 is 17.1 Å². The lowest BCUT2D eigenvalue weighted by Gasteiger charge is -2.16. The second kappa shape index (κ2) is 6.16. The Hall–Kier alpha value is -1.41. The van der Waals surface area contributed by atoms with Crippen molar-refractivity contribution in [1.29, 1.82) is 0 Å². The Bertz CT molecular complexity index is 541. The zero-order chi connectivity index (χ0) is 13.8. The molecule has 0 saturated heterocycles. The highest BCUT2D eigenvalue weighted by Gasteiger charge is 2.17. The Morgan fingerprint density at radius 3 is 2.42 bits per heavy atom. The van der Waals surface area contributed by atoms with Crippen LogP contribution < -0.4 is 0 Å². The van der Waals surface area contributed by atoms with E-state index in [1.165, 1.54) is 11.3 Å². The number of benzene rings is 1. The average molecular weight is 272 g/mol. The van der Waals surface area contributed by atoms with E-state index in [0.717, 1.165) is 10.4 Å². The second-order valence-corrected chi connectivity index (χ2v) is 6.19. The number of carbonyl (C=O) groups excluding carboxylic acids is 1. The van der Waals surface area contributed by atoms with Gasteiger partial charge in [0.1, 0.15) is 0 Å². The molecule has 1 heterocycles. The highest BCUT2D eigenvalue weighted by Crippen LogP contribution is 2.32. The first-order valence-corrected chi connectivity index (χ1v) is 7.64. The summed E-state index contributed by atoms with van der Waals surface area (Å²) >= 11 is 1.64. The molecule has 1 aromatic heterocycles. The maximum Gasteiger partial charge on any atom is 0.202 e. The molecule has 0 amide bonds. The molecule has 0 radical (unpaired) electrons. The fraction of sp³-hybridized carbons (Fsp3) is 0.353. The van der Waals surface area contributed by atoms with Gasteiger partial charge in [0.05, 0.1) is 4.88 Å². The predicted octanol–water partition coefficient (Wildman–Crippen LogP) is 5.13. The molecular weight excluding hydrogens is 252 g/mol. The van der Waals surface area contributed by atoms with Crippen molar-refractivity contribution in [2.45, 2.75) is 33.1 Å². The molecule has 0 aliphatic rings. The molecule has 2 atom stereocenters. The van der Waals surface area contributed by atoms with Gasteiger partial charge in [-0.3, -0.25) is 4.79 Å². The summed E-state index contributed by atoms with van der Waals surface area (Å²) in [6.45, 7) is 6.73. The molecule has 1 aromatic carbocycles. The molecule has 2 rings (SSSR count). The highest BCUT2D eigenvalue weighted by atomic mass is 32.1. The summed E-state index contributed by atoms with van der Waals surface area (Å²) in [6, 6.07) is 13.6. The first kappa shape index (κ1) is 14.0. The summed E-state index contributed by atoms with van der Waals surface area (Å²) in [5.41, 5.74) is 0.770. The molecule has 2 unspecified atom stereocenters. The Morgan fingerprint density at radius 2 is 1.79 bits per heavy atom. The van der Waals surface area contributed by atoms with Gasteiger partial charge < -0.3 is 0 Å². The summed E-state index contributed by atoms with van der Waals surface area (Å²) in [4.78, 5) is 14.5. The number of ketones is 1. The largest absolute Gasteiger partial charge is 0.288 e. The molecule has 0 spiro atoms. The monoisotopic (exact) mass is 272 g/mol. The summed E-state index contributed by atoms with van der Waals surface area (Å²) in [6.07, 6.45) is 1.17. The first-order valence-electron chi connectivity index (χ1n) is 6.83. The number of carbonyl (C=O) groups is 1. The van der Waals surface area contributed by atoms with Crippen LogP contribution in [-0.4, -0.2) is 5.78 Å². The molecule has 0 aliphatic heterocycles. The molecule has 2 heteroatoms. The molecule has 19 heavy (non-hydrogen) atoms. The van der Waals surface area contributed by atoms with Gasteiger partial charge in [0, 0.05) is 10.4 Å². The molecule has 1 nitrogen and oxygen atoms in total. The second-order valence-electron chi connectivity index (χ2n) is 5.07. The van der Waals surface area contributed by atoms with E-state index >= 15 is 0 Å². The predicted molar refractivity (Wildman–Crippen MR) is 82.1 cm³/mol. The minimum absolute atomic E-state index is 0.133. The van der Waals surface area contributed by atoms with E-state index in [9.17, 15) is 4.79 Å². The van der Waals surface area contributed by atoms with Crippen molar-refractivity contribution in [2.75, 3.05) is 0 Å². The quantitative estimate of drug-likeness (QED) is 0.690. The minimum atomic E-state index is 0.133.